The van der Waals surface area contributed by atoms with E-state index in [9.17, 15) is 9.59 Å². The molecule has 1 heterocycles. The number of nitrogens with zero attached hydrogens (tertiary/aromatic N) is 1. The lowest BCUT2D eigenvalue weighted by molar-refractivity contribution is -0.126. The highest BCUT2D eigenvalue weighted by Gasteiger charge is 2.24. The van der Waals surface area contributed by atoms with Gasteiger partial charge in [0.05, 0.1) is 0 Å². The van der Waals surface area contributed by atoms with E-state index >= 15 is 0 Å². The van der Waals surface area contributed by atoms with Gasteiger partial charge >= 0.3 is 0 Å². The van der Waals surface area contributed by atoms with Crippen molar-refractivity contribution in [3.8, 4) is 0 Å². The quantitative estimate of drug-likeness (QED) is 0.760. The van der Waals surface area contributed by atoms with Crippen molar-refractivity contribution in [2.75, 3.05) is 19.6 Å². The molecule has 0 saturated carbocycles. The molecule has 0 bridgehead atoms. The van der Waals surface area contributed by atoms with Gasteiger partial charge in [0.1, 0.15) is 0 Å². The predicted octanol–water partition coefficient (Wildman–Crippen LogP) is 2.32. The molecule has 25 heavy (non-hydrogen) atoms. The molecule has 2 rings (SSSR count). The molecule has 138 valence electrons. The summed E-state index contributed by atoms with van der Waals surface area (Å²) in [7, 11) is 0. The monoisotopic (exact) mass is 345 g/mol. The van der Waals surface area contributed by atoms with E-state index in [1.54, 1.807) is 0 Å². The van der Waals surface area contributed by atoms with Crippen molar-refractivity contribution in [3.05, 3.63) is 35.9 Å². The van der Waals surface area contributed by atoms with Crippen LogP contribution in [-0.4, -0.2) is 42.4 Å². The molecule has 0 aliphatic carbocycles. The first kappa shape index (κ1) is 19.4. The van der Waals surface area contributed by atoms with Crippen molar-refractivity contribution in [3.63, 3.8) is 0 Å². The summed E-state index contributed by atoms with van der Waals surface area (Å²) < 4.78 is 0. The van der Waals surface area contributed by atoms with Crippen LogP contribution in [0.2, 0.25) is 0 Å². The van der Waals surface area contributed by atoms with Gasteiger partial charge in [-0.25, -0.2) is 0 Å². The van der Waals surface area contributed by atoms with Crippen LogP contribution in [0.4, 0.5) is 0 Å². The standard InChI is InChI=1S/C20H31N3O2/c1-3-16(2)22-19(24)9-12-21-20(25)18-10-13-23(14-11-18)15-17-7-5-4-6-8-17/h4-8,16,18H,3,9-15H2,1-2H3,(H,21,25)(H,22,24). The molecule has 1 aromatic carbocycles. The van der Waals surface area contributed by atoms with Crippen molar-refractivity contribution in [1.82, 2.24) is 15.5 Å². The van der Waals surface area contributed by atoms with Crippen molar-refractivity contribution in [2.24, 2.45) is 5.92 Å². The van der Waals surface area contributed by atoms with Crippen molar-refractivity contribution < 1.29 is 9.59 Å². The van der Waals surface area contributed by atoms with E-state index < -0.39 is 0 Å². The molecule has 1 atom stereocenters. The average Bonchev–Trinajstić information content (AvgIpc) is 2.63. The summed E-state index contributed by atoms with van der Waals surface area (Å²) in [6, 6.07) is 10.6. The van der Waals surface area contributed by atoms with Crippen LogP contribution in [0.5, 0.6) is 0 Å². The Morgan fingerprint density at radius 2 is 1.88 bits per heavy atom. The SMILES string of the molecule is CCC(C)NC(=O)CCNC(=O)C1CCN(Cc2ccccc2)CC1. The van der Waals surface area contributed by atoms with Crippen LogP contribution in [0.25, 0.3) is 0 Å². The minimum absolute atomic E-state index is 0.00679. The number of hydrogen-bond donors (Lipinski definition) is 2. The number of nitrogens with one attached hydrogen (secondary N) is 2. The van der Waals surface area contributed by atoms with Crippen LogP contribution in [-0.2, 0) is 16.1 Å². The van der Waals surface area contributed by atoms with Gasteiger partial charge in [0.2, 0.25) is 11.8 Å². The molecular formula is C20H31N3O2. The van der Waals surface area contributed by atoms with Gasteiger partial charge in [-0.05, 0) is 44.8 Å². The fourth-order valence-corrected chi connectivity index (χ4v) is 3.09. The predicted molar refractivity (Wildman–Crippen MR) is 100.0 cm³/mol. The Kier molecular flexibility index (Phi) is 7.92. The van der Waals surface area contributed by atoms with Crippen LogP contribution < -0.4 is 10.6 Å². The van der Waals surface area contributed by atoms with E-state index in [0.717, 1.165) is 38.9 Å². The third-order valence-corrected chi connectivity index (χ3v) is 4.88. The van der Waals surface area contributed by atoms with Crippen LogP contribution >= 0.6 is 0 Å². The van der Waals surface area contributed by atoms with Gasteiger partial charge in [0, 0.05) is 31.5 Å². The molecule has 1 unspecified atom stereocenters. The molecule has 0 radical (unpaired) electrons. The molecule has 5 heteroatoms. The normalized spacial score (nSPS) is 17.0. The fraction of sp³-hybridized carbons (Fsp3) is 0.600. The van der Waals surface area contributed by atoms with E-state index in [-0.39, 0.29) is 23.8 Å². The van der Waals surface area contributed by atoms with Gasteiger partial charge < -0.3 is 10.6 Å². The molecule has 1 aliphatic rings. The maximum atomic E-state index is 12.3. The molecule has 0 aromatic heterocycles. The molecule has 2 N–H and O–H groups in total. The lowest BCUT2D eigenvalue weighted by Gasteiger charge is -2.31. The Balaban J connectivity index is 1.63. The third kappa shape index (κ3) is 6.86. The highest BCUT2D eigenvalue weighted by Crippen LogP contribution is 2.19. The number of likely N-dealkylation sites (tertiary alicyclic amines) is 1. The van der Waals surface area contributed by atoms with Crippen LogP contribution in [0.1, 0.15) is 45.1 Å². The van der Waals surface area contributed by atoms with E-state index in [1.165, 1.54) is 5.56 Å². The first-order chi connectivity index (χ1) is 12.1. The summed E-state index contributed by atoms with van der Waals surface area (Å²) in [6.07, 6.45) is 3.04. The van der Waals surface area contributed by atoms with E-state index in [4.69, 9.17) is 0 Å². The molecule has 5 nitrogen and oxygen atoms in total. The second-order valence-electron chi connectivity index (χ2n) is 6.95. The van der Waals surface area contributed by atoms with E-state index in [2.05, 4.69) is 39.8 Å². The number of carbonyl (C=O) groups excluding carboxylic acids is 2. The molecule has 1 saturated heterocycles. The average molecular weight is 345 g/mol. The van der Waals surface area contributed by atoms with Gasteiger partial charge in [-0.3, -0.25) is 14.5 Å². The zero-order valence-electron chi connectivity index (χ0n) is 15.5. The minimum Gasteiger partial charge on any atom is -0.355 e. The zero-order valence-corrected chi connectivity index (χ0v) is 15.5. The highest BCUT2D eigenvalue weighted by atomic mass is 16.2. The summed E-state index contributed by atoms with van der Waals surface area (Å²) in [5, 5.41) is 5.84. The summed E-state index contributed by atoms with van der Waals surface area (Å²) in [5.41, 5.74) is 1.32. The lowest BCUT2D eigenvalue weighted by atomic mass is 9.95. The van der Waals surface area contributed by atoms with Crippen LogP contribution in [0.3, 0.4) is 0 Å². The number of amides is 2. The van der Waals surface area contributed by atoms with Gasteiger partial charge in [0.15, 0.2) is 0 Å². The van der Waals surface area contributed by atoms with Crippen molar-refractivity contribution >= 4 is 11.8 Å². The Bertz CT molecular complexity index is 539. The Labute approximate surface area is 151 Å². The molecule has 1 aromatic rings. The van der Waals surface area contributed by atoms with E-state index in [1.807, 2.05) is 19.9 Å². The van der Waals surface area contributed by atoms with Gasteiger partial charge in [-0.15, -0.1) is 0 Å². The van der Waals surface area contributed by atoms with Crippen molar-refractivity contribution in [2.45, 2.75) is 52.1 Å². The largest absolute Gasteiger partial charge is 0.355 e. The second-order valence-corrected chi connectivity index (χ2v) is 6.95. The number of hydrogen-bond acceptors (Lipinski definition) is 3. The minimum atomic E-state index is 0.00679. The molecule has 2 amide bonds. The number of rotatable bonds is 8. The summed E-state index contributed by atoms with van der Waals surface area (Å²) in [5.74, 6) is 0.174. The maximum Gasteiger partial charge on any atom is 0.223 e. The zero-order chi connectivity index (χ0) is 18.1. The smallest absolute Gasteiger partial charge is 0.223 e. The molecule has 0 spiro atoms. The maximum absolute atomic E-state index is 12.3. The summed E-state index contributed by atoms with van der Waals surface area (Å²) in [4.78, 5) is 26.4. The first-order valence-corrected chi connectivity index (χ1v) is 9.41. The summed E-state index contributed by atoms with van der Waals surface area (Å²) in [6.45, 7) is 7.29. The number of carbonyl (C=O) groups is 2. The number of benzene rings is 1. The van der Waals surface area contributed by atoms with Gasteiger partial charge in [0.25, 0.3) is 0 Å². The topological polar surface area (TPSA) is 61.4 Å². The number of piperidine rings is 1. The third-order valence-electron chi connectivity index (χ3n) is 4.88. The van der Waals surface area contributed by atoms with Crippen LogP contribution in [0, 0.1) is 5.92 Å². The molecular weight excluding hydrogens is 314 g/mol. The lowest BCUT2D eigenvalue weighted by Crippen LogP contribution is -2.41. The molecule has 1 fully saturated rings. The summed E-state index contributed by atoms with van der Waals surface area (Å²) >= 11 is 0. The van der Waals surface area contributed by atoms with E-state index in [0.29, 0.717) is 13.0 Å². The first-order valence-electron chi connectivity index (χ1n) is 9.41. The molecule has 1 aliphatic heterocycles. The Morgan fingerprint density at radius 1 is 1.20 bits per heavy atom. The van der Waals surface area contributed by atoms with Gasteiger partial charge in [-0.1, -0.05) is 37.3 Å². The Morgan fingerprint density at radius 3 is 2.52 bits per heavy atom. The van der Waals surface area contributed by atoms with Crippen LogP contribution in [0.15, 0.2) is 30.3 Å². The van der Waals surface area contributed by atoms with Crippen molar-refractivity contribution in [1.29, 1.82) is 0 Å². The second kappa shape index (κ2) is 10.2. The highest BCUT2D eigenvalue weighted by molar-refractivity contribution is 5.80. The van der Waals surface area contributed by atoms with Gasteiger partial charge in [-0.2, -0.15) is 0 Å². The fourth-order valence-electron chi connectivity index (χ4n) is 3.09. The Hall–Kier alpha value is -1.88.